The lowest BCUT2D eigenvalue weighted by Gasteiger charge is -2.06. The highest BCUT2D eigenvalue weighted by molar-refractivity contribution is 9.11. The minimum atomic E-state index is -0.567. The van der Waals surface area contributed by atoms with Crippen molar-refractivity contribution in [3.8, 4) is 11.5 Å². The molecular formula is C14H11Br2N3O5. The molecule has 1 heterocycles. The molecule has 4 N–H and O–H groups in total. The van der Waals surface area contributed by atoms with Crippen LogP contribution in [0.3, 0.4) is 0 Å². The van der Waals surface area contributed by atoms with Gasteiger partial charge in [0.25, 0.3) is 11.8 Å². The summed E-state index contributed by atoms with van der Waals surface area (Å²) in [6.45, 7) is -0.300. The number of halogens is 2. The molecule has 0 radical (unpaired) electrons. The van der Waals surface area contributed by atoms with Gasteiger partial charge in [-0.05, 0) is 50.1 Å². The van der Waals surface area contributed by atoms with Gasteiger partial charge in [0.15, 0.2) is 5.76 Å². The molecule has 0 bridgehead atoms. The van der Waals surface area contributed by atoms with Crippen molar-refractivity contribution in [2.75, 3.05) is 6.54 Å². The molecule has 2 rings (SSSR count). The lowest BCUT2D eigenvalue weighted by molar-refractivity contribution is -0.120. The second-order valence-electron chi connectivity index (χ2n) is 4.41. The molecule has 0 fully saturated rings. The number of hydrogen-bond acceptors (Lipinski definition) is 6. The average Bonchev–Trinajstić information content (AvgIpc) is 3.10. The predicted octanol–water partition coefficient (Wildman–Crippen LogP) is 2.10. The standard InChI is InChI=1S/C14H11Br2N3O5/c15-8-4-7(12(21)11(16)13(8)22)5-18-19-10(20)6-17-14(23)9-2-1-3-24-9/h1-5,21-22H,6H2,(H,17,23)(H,19,20)/b18-5-. The maximum absolute atomic E-state index is 11.6. The van der Waals surface area contributed by atoms with E-state index in [0.29, 0.717) is 4.47 Å². The zero-order valence-electron chi connectivity index (χ0n) is 11.9. The summed E-state index contributed by atoms with van der Waals surface area (Å²) in [5, 5.41) is 25.5. The first-order chi connectivity index (χ1) is 11.4. The number of hydrazone groups is 1. The highest BCUT2D eigenvalue weighted by Crippen LogP contribution is 2.40. The summed E-state index contributed by atoms with van der Waals surface area (Å²) < 4.78 is 5.31. The molecule has 8 nitrogen and oxygen atoms in total. The number of nitrogens with zero attached hydrogens (tertiary/aromatic N) is 1. The maximum Gasteiger partial charge on any atom is 0.287 e. The first-order valence-corrected chi connectivity index (χ1v) is 8.02. The van der Waals surface area contributed by atoms with Crippen molar-refractivity contribution in [3.05, 3.63) is 44.7 Å². The van der Waals surface area contributed by atoms with E-state index in [2.05, 4.69) is 47.7 Å². The van der Waals surface area contributed by atoms with E-state index in [1.54, 1.807) is 6.07 Å². The number of nitrogens with one attached hydrogen (secondary N) is 2. The molecule has 0 saturated heterocycles. The lowest BCUT2D eigenvalue weighted by atomic mass is 10.2. The highest BCUT2D eigenvalue weighted by Gasteiger charge is 2.13. The van der Waals surface area contributed by atoms with E-state index in [1.165, 1.54) is 24.6 Å². The molecule has 0 atom stereocenters. The lowest BCUT2D eigenvalue weighted by Crippen LogP contribution is -2.34. The molecule has 1 aromatic carbocycles. The fourth-order valence-electron chi connectivity index (χ4n) is 1.58. The van der Waals surface area contributed by atoms with Gasteiger partial charge >= 0.3 is 0 Å². The summed E-state index contributed by atoms with van der Waals surface area (Å²) in [5.41, 5.74) is 2.45. The third-order valence-electron chi connectivity index (χ3n) is 2.75. The second-order valence-corrected chi connectivity index (χ2v) is 6.06. The van der Waals surface area contributed by atoms with Crippen molar-refractivity contribution in [2.24, 2.45) is 5.10 Å². The minimum Gasteiger partial charge on any atom is -0.506 e. The van der Waals surface area contributed by atoms with Crippen LogP contribution in [-0.2, 0) is 4.79 Å². The van der Waals surface area contributed by atoms with Gasteiger partial charge in [-0.3, -0.25) is 9.59 Å². The summed E-state index contributed by atoms with van der Waals surface area (Å²) in [4.78, 5) is 23.2. The first-order valence-electron chi connectivity index (χ1n) is 6.43. The smallest absolute Gasteiger partial charge is 0.287 e. The van der Waals surface area contributed by atoms with E-state index in [1.807, 2.05) is 0 Å². The van der Waals surface area contributed by atoms with Crippen LogP contribution in [0.25, 0.3) is 0 Å². The van der Waals surface area contributed by atoms with Crippen LogP contribution in [0.15, 0.2) is 42.9 Å². The molecule has 0 unspecified atom stereocenters. The topological polar surface area (TPSA) is 124 Å². The predicted molar refractivity (Wildman–Crippen MR) is 91.9 cm³/mol. The van der Waals surface area contributed by atoms with Crippen molar-refractivity contribution in [3.63, 3.8) is 0 Å². The van der Waals surface area contributed by atoms with Crippen LogP contribution >= 0.6 is 31.9 Å². The number of phenols is 2. The molecular weight excluding hydrogens is 450 g/mol. The van der Waals surface area contributed by atoms with E-state index < -0.39 is 11.8 Å². The fourth-order valence-corrected chi connectivity index (χ4v) is 2.74. The van der Waals surface area contributed by atoms with Crippen molar-refractivity contribution >= 4 is 49.9 Å². The monoisotopic (exact) mass is 459 g/mol. The number of amides is 2. The fraction of sp³-hybridized carbons (Fsp3) is 0.0714. The van der Waals surface area contributed by atoms with Gasteiger partial charge in [-0.2, -0.15) is 5.10 Å². The number of aromatic hydroxyl groups is 2. The van der Waals surface area contributed by atoms with Gasteiger partial charge in [0, 0.05) is 5.56 Å². The van der Waals surface area contributed by atoms with Gasteiger partial charge in [0.1, 0.15) is 16.0 Å². The summed E-state index contributed by atoms with van der Waals surface area (Å²) in [5.74, 6) is -1.39. The Morgan fingerprint density at radius 3 is 2.71 bits per heavy atom. The molecule has 2 amide bonds. The zero-order chi connectivity index (χ0) is 17.7. The Morgan fingerprint density at radius 1 is 1.29 bits per heavy atom. The van der Waals surface area contributed by atoms with Crippen molar-refractivity contribution in [2.45, 2.75) is 0 Å². The normalized spacial score (nSPS) is 10.8. The molecule has 2 aromatic rings. The molecule has 0 aliphatic heterocycles. The number of furan rings is 1. The SMILES string of the molecule is O=C(CNC(=O)c1ccco1)N/N=C\c1cc(Br)c(O)c(Br)c1O. The van der Waals surface area contributed by atoms with Gasteiger partial charge in [0.2, 0.25) is 0 Å². The largest absolute Gasteiger partial charge is 0.506 e. The quantitative estimate of drug-likeness (QED) is 0.401. The Kier molecular flexibility index (Phi) is 5.99. The van der Waals surface area contributed by atoms with Crippen LogP contribution in [0, 0.1) is 0 Å². The molecule has 1 aromatic heterocycles. The van der Waals surface area contributed by atoms with Gasteiger partial charge < -0.3 is 19.9 Å². The third-order valence-corrected chi connectivity index (χ3v) is 4.10. The van der Waals surface area contributed by atoms with Gasteiger partial charge in [0.05, 0.1) is 23.5 Å². The average molecular weight is 461 g/mol. The molecule has 0 saturated carbocycles. The van der Waals surface area contributed by atoms with Crippen LogP contribution in [0.2, 0.25) is 0 Å². The van der Waals surface area contributed by atoms with E-state index in [0.717, 1.165) is 0 Å². The van der Waals surface area contributed by atoms with Crippen LogP contribution in [0.1, 0.15) is 16.1 Å². The minimum absolute atomic E-state index is 0.0926. The number of hydrogen-bond donors (Lipinski definition) is 4. The molecule has 10 heteroatoms. The van der Waals surface area contributed by atoms with Gasteiger partial charge in [-0.1, -0.05) is 0 Å². The van der Waals surface area contributed by atoms with E-state index in [-0.39, 0.29) is 33.8 Å². The van der Waals surface area contributed by atoms with Crippen LogP contribution in [0.5, 0.6) is 11.5 Å². The molecule has 0 aliphatic rings. The number of rotatable bonds is 5. The Hall–Kier alpha value is -2.33. The maximum atomic E-state index is 11.6. The van der Waals surface area contributed by atoms with Crippen molar-refractivity contribution < 1.29 is 24.2 Å². The molecule has 0 spiro atoms. The van der Waals surface area contributed by atoms with E-state index in [4.69, 9.17) is 4.42 Å². The summed E-state index contributed by atoms with van der Waals surface area (Å²) in [7, 11) is 0. The summed E-state index contributed by atoms with van der Waals surface area (Å²) >= 11 is 6.14. The Morgan fingerprint density at radius 2 is 2.04 bits per heavy atom. The van der Waals surface area contributed by atoms with Gasteiger partial charge in [-0.15, -0.1) is 0 Å². The van der Waals surface area contributed by atoms with Crippen molar-refractivity contribution in [1.29, 1.82) is 0 Å². The molecule has 24 heavy (non-hydrogen) atoms. The highest BCUT2D eigenvalue weighted by atomic mass is 79.9. The Balaban J connectivity index is 1.90. The van der Waals surface area contributed by atoms with Crippen LogP contribution in [0.4, 0.5) is 0 Å². The summed E-state index contributed by atoms with van der Waals surface area (Å²) in [6.07, 6.45) is 2.54. The van der Waals surface area contributed by atoms with Crippen LogP contribution < -0.4 is 10.7 Å². The third kappa shape index (κ3) is 4.36. The molecule has 0 aliphatic carbocycles. The second kappa shape index (κ2) is 7.97. The Bertz CT molecular complexity index is 790. The summed E-state index contributed by atoms with van der Waals surface area (Å²) in [6, 6.07) is 4.44. The number of benzene rings is 1. The Labute approximate surface area is 152 Å². The zero-order valence-corrected chi connectivity index (χ0v) is 15.1. The van der Waals surface area contributed by atoms with E-state index >= 15 is 0 Å². The first kappa shape index (κ1) is 18.0. The van der Waals surface area contributed by atoms with Crippen LogP contribution in [-0.4, -0.2) is 34.8 Å². The van der Waals surface area contributed by atoms with Gasteiger partial charge in [-0.25, -0.2) is 5.43 Å². The number of carbonyl (C=O) groups is 2. The number of carbonyl (C=O) groups excluding carboxylic acids is 2. The van der Waals surface area contributed by atoms with E-state index in [9.17, 15) is 19.8 Å². The molecule has 126 valence electrons. The number of phenolic OH excluding ortho intramolecular Hbond substituents is 2. The van der Waals surface area contributed by atoms with Crippen molar-refractivity contribution in [1.82, 2.24) is 10.7 Å².